The second-order valence-electron chi connectivity index (χ2n) is 4.92. The van der Waals surface area contributed by atoms with Gasteiger partial charge in [0.25, 0.3) is 0 Å². The van der Waals surface area contributed by atoms with Crippen LogP contribution in [-0.4, -0.2) is 15.8 Å². The van der Waals surface area contributed by atoms with Gasteiger partial charge in [-0.15, -0.1) is 0 Å². The summed E-state index contributed by atoms with van der Waals surface area (Å²) >= 11 is 0. The fourth-order valence-corrected chi connectivity index (χ4v) is 2.44. The van der Waals surface area contributed by atoms with Gasteiger partial charge >= 0.3 is 0 Å². The SMILES string of the molecule is CC1(C)CCCC1C(=O)c1cncnc1. The highest BCUT2D eigenvalue weighted by atomic mass is 16.1. The molecule has 2 rings (SSSR count). The van der Waals surface area contributed by atoms with Gasteiger partial charge in [-0.25, -0.2) is 9.97 Å². The average Bonchev–Trinajstić information content (AvgIpc) is 2.58. The molecule has 0 N–H and O–H groups in total. The fourth-order valence-electron chi connectivity index (χ4n) is 2.44. The monoisotopic (exact) mass is 204 g/mol. The van der Waals surface area contributed by atoms with Gasteiger partial charge in [0.15, 0.2) is 5.78 Å². The first-order valence-corrected chi connectivity index (χ1v) is 5.40. The maximum Gasteiger partial charge on any atom is 0.169 e. The lowest BCUT2D eigenvalue weighted by Crippen LogP contribution is -2.26. The summed E-state index contributed by atoms with van der Waals surface area (Å²) in [6, 6.07) is 0. The molecule has 15 heavy (non-hydrogen) atoms. The molecule has 0 saturated heterocycles. The molecule has 0 amide bonds. The number of nitrogens with zero attached hydrogens (tertiary/aromatic N) is 2. The van der Waals surface area contributed by atoms with Crippen molar-refractivity contribution in [2.75, 3.05) is 0 Å². The summed E-state index contributed by atoms with van der Waals surface area (Å²) in [4.78, 5) is 20.0. The quantitative estimate of drug-likeness (QED) is 0.695. The van der Waals surface area contributed by atoms with Gasteiger partial charge in [0, 0.05) is 18.3 Å². The number of hydrogen-bond donors (Lipinski definition) is 0. The van der Waals surface area contributed by atoms with Gasteiger partial charge in [-0.1, -0.05) is 20.3 Å². The number of hydrogen-bond acceptors (Lipinski definition) is 3. The third kappa shape index (κ3) is 1.91. The van der Waals surface area contributed by atoms with Crippen molar-refractivity contribution in [3.63, 3.8) is 0 Å². The minimum atomic E-state index is 0.132. The van der Waals surface area contributed by atoms with E-state index in [1.54, 1.807) is 12.4 Å². The summed E-state index contributed by atoms with van der Waals surface area (Å²) in [6.45, 7) is 4.35. The van der Waals surface area contributed by atoms with Crippen molar-refractivity contribution in [2.45, 2.75) is 33.1 Å². The zero-order chi connectivity index (χ0) is 10.9. The summed E-state index contributed by atoms with van der Waals surface area (Å²) < 4.78 is 0. The molecule has 1 atom stereocenters. The first kappa shape index (κ1) is 10.3. The lowest BCUT2D eigenvalue weighted by Gasteiger charge is -2.25. The highest BCUT2D eigenvalue weighted by Gasteiger charge is 2.39. The third-order valence-corrected chi connectivity index (χ3v) is 3.42. The highest BCUT2D eigenvalue weighted by molar-refractivity contribution is 5.97. The number of carbonyl (C=O) groups is 1. The van der Waals surface area contributed by atoms with E-state index in [0.717, 1.165) is 19.3 Å². The molecule has 1 saturated carbocycles. The molecule has 0 aromatic carbocycles. The van der Waals surface area contributed by atoms with Crippen LogP contribution in [0.2, 0.25) is 0 Å². The first-order valence-electron chi connectivity index (χ1n) is 5.40. The third-order valence-electron chi connectivity index (χ3n) is 3.42. The topological polar surface area (TPSA) is 42.9 Å². The van der Waals surface area contributed by atoms with Crippen LogP contribution < -0.4 is 0 Å². The Balaban J connectivity index is 2.22. The zero-order valence-electron chi connectivity index (χ0n) is 9.23. The molecule has 80 valence electrons. The molecule has 0 bridgehead atoms. The minimum Gasteiger partial charge on any atom is -0.294 e. The molecule has 1 heterocycles. The highest BCUT2D eigenvalue weighted by Crippen LogP contribution is 2.43. The number of carbonyl (C=O) groups excluding carboxylic acids is 1. The van der Waals surface area contributed by atoms with Crippen molar-refractivity contribution < 1.29 is 4.79 Å². The molecule has 0 spiro atoms. The van der Waals surface area contributed by atoms with Gasteiger partial charge in [0.1, 0.15) is 6.33 Å². The van der Waals surface area contributed by atoms with Crippen LogP contribution in [0, 0.1) is 11.3 Å². The van der Waals surface area contributed by atoms with Crippen LogP contribution in [0.15, 0.2) is 18.7 Å². The Bertz CT molecular complexity index is 359. The van der Waals surface area contributed by atoms with Crippen molar-refractivity contribution in [3.8, 4) is 0 Å². The second kappa shape index (κ2) is 3.72. The predicted molar refractivity (Wildman–Crippen MR) is 57.5 cm³/mol. The summed E-state index contributed by atoms with van der Waals surface area (Å²) in [5.74, 6) is 0.349. The lowest BCUT2D eigenvalue weighted by atomic mass is 9.78. The van der Waals surface area contributed by atoms with Crippen LogP contribution in [-0.2, 0) is 0 Å². The van der Waals surface area contributed by atoms with Crippen LogP contribution >= 0.6 is 0 Å². The van der Waals surface area contributed by atoms with E-state index in [0.29, 0.717) is 5.56 Å². The maximum absolute atomic E-state index is 12.2. The van der Waals surface area contributed by atoms with Crippen molar-refractivity contribution in [2.24, 2.45) is 11.3 Å². The molecule has 1 unspecified atom stereocenters. The predicted octanol–water partition coefficient (Wildman–Crippen LogP) is 2.49. The van der Waals surface area contributed by atoms with E-state index in [-0.39, 0.29) is 17.1 Å². The minimum absolute atomic E-state index is 0.132. The average molecular weight is 204 g/mol. The Morgan fingerprint density at radius 3 is 2.60 bits per heavy atom. The summed E-state index contributed by atoms with van der Waals surface area (Å²) in [6.07, 6.45) is 7.97. The summed E-state index contributed by atoms with van der Waals surface area (Å²) in [5, 5.41) is 0. The largest absolute Gasteiger partial charge is 0.294 e. The number of ketones is 1. The van der Waals surface area contributed by atoms with Gasteiger partial charge in [-0.2, -0.15) is 0 Å². The number of rotatable bonds is 2. The van der Waals surface area contributed by atoms with E-state index in [1.165, 1.54) is 6.33 Å². The Labute approximate surface area is 89.9 Å². The molecule has 1 aliphatic rings. The van der Waals surface area contributed by atoms with Gasteiger partial charge in [-0.05, 0) is 18.3 Å². The molecule has 0 aliphatic heterocycles. The van der Waals surface area contributed by atoms with Gasteiger partial charge < -0.3 is 0 Å². The number of aromatic nitrogens is 2. The molecule has 3 nitrogen and oxygen atoms in total. The summed E-state index contributed by atoms with van der Waals surface area (Å²) in [7, 11) is 0. The Kier molecular flexibility index (Phi) is 2.55. The normalized spacial score (nSPS) is 24.0. The molecule has 1 aliphatic carbocycles. The fraction of sp³-hybridized carbons (Fsp3) is 0.583. The van der Waals surface area contributed by atoms with Crippen molar-refractivity contribution in [3.05, 3.63) is 24.3 Å². The second-order valence-corrected chi connectivity index (χ2v) is 4.92. The molecular weight excluding hydrogens is 188 g/mol. The standard InChI is InChI=1S/C12H16N2O/c1-12(2)5-3-4-10(12)11(15)9-6-13-8-14-7-9/h6-8,10H,3-5H2,1-2H3. The molecule has 3 heteroatoms. The molecule has 0 radical (unpaired) electrons. The van der Waals surface area contributed by atoms with Crippen molar-refractivity contribution in [1.29, 1.82) is 0 Å². The van der Waals surface area contributed by atoms with E-state index in [1.807, 2.05) is 0 Å². The Morgan fingerprint density at radius 1 is 1.40 bits per heavy atom. The Morgan fingerprint density at radius 2 is 2.07 bits per heavy atom. The van der Waals surface area contributed by atoms with E-state index < -0.39 is 0 Å². The van der Waals surface area contributed by atoms with Crippen LogP contribution in [0.25, 0.3) is 0 Å². The van der Waals surface area contributed by atoms with Gasteiger partial charge in [0.05, 0.1) is 5.56 Å². The van der Waals surface area contributed by atoms with Gasteiger partial charge in [0.2, 0.25) is 0 Å². The van der Waals surface area contributed by atoms with Gasteiger partial charge in [-0.3, -0.25) is 4.79 Å². The molecular formula is C12H16N2O. The smallest absolute Gasteiger partial charge is 0.169 e. The number of Topliss-reactive ketones (excluding diaryl/α,β-unsaturated/α-hetero) is 1. The van der Waals surface area contributed by atoms with Crippen molar-refractivity contribution in [1.82, 2.24) is 9.97 Å². The molecule has 1 aromatic rings. The lowest BCUT2D eigenvalue weighted by molar-refractivity contribution is 0.0838. The van der Waals surface area contributed by atoms with E-state index in [9.17, 15) is 4.79 Å². The van der Waals surface area contributed by atoms with Crippen molar-refractivity contribution >= 4 is 5.78 Å². The van der Waals surface area contributed by atoms with E-state index in [4.69, 9.17) is 0 Å². The van der Waals surface area contributed by atoms with Crippen LogP contribution in [0.4, 0.5) is 0 Å². The summed E-state index contributed by atoms with van der Waals surface area (Å²) in [5.41, 5.74) is 0.782. The van der Waals surface area contributed by atoms with Crippen LogP contribution in [0.1, 0.15) is 43.5 Å². The van der Waals surface area contributed by atoms with E-state index >= 15 is 0 Å². The molecule has 1 fully saturated rings. The zero-order valence-corrected chi connectivity index (χ0v) is 9.23. The van der Waals surface area contributed by atoms with Crippen LogP contribution in [0.5, 0.6) is 0 Å². The van der Waals surface area contributed by atoms with Crippen LogP contribution in [0.3, 0.4) is 0 Å². The molecule has 1 aromatic heterocycles. The Hall–Kier alpha value is -1.25. The first-order chi connectivity index (χ1) is 7.11. The maximum atomic E-state index is 12.2. The van der Waals surface area contributed by atoms with E-state index in [2.05, 4.69) is 23.8 Å².